The van der Waals surface area contributed by atoms with Gasteiger partial charge >= 0.3 is 0 Å². The summed E-state index contributed by atoms with van der Waals surface area (Å²) in [5, 5.41) is 14.1. The van der Waals surface area contributed by atoms with Gasteiger partial charge in [0.2, 0.25) is 0 Å². The average Bonchev–Trinajstić information content (AvgIpc) is 2.97. The number of benzene rings is 1. The molecule has 1 aliphatic heterocycles. The first-order valence-corrected chi connectivity index (χ1v) is 10.8. The molecule has 0 amide bonds. The van der Waals surface area contributed by atoms with E-state index in [1.165, 1.54) is 23.3 Å². The maximum absolute atomic E-state index is 9.49. The van der Waals surface area contributed by atoms with Gasteiger partial charge < -0.3 is 10.4 Å². The van der Waals surface area contributed by atoms with Crippen LogP contribution in [0.1, 0.15) is 41.6 Å². The van der Waals surface area contributed by atoms with Crippen LogP contribution < -0.4 is 5.32 Å². The van der Waals surface area contributed by atoms with Gasteiger partial charge in [0, 0.05) is 11.4 Å². The molecular weight excluding hydrogens is 368 g/mol. The fourth-order valence-electron chi connectivity index (χ4n) is 3.71. The molecule has 4 rings (SSSR count). The third kappa shape index (κ3) is 4.13. The standard InChI is InChI=1S/C22H28N4OS/c1-14-8-10-26(11-9-14)13-19-24-21(20-15(2)16(3)28-22(20)25-19)23-12-17-4-6-18(27)7-5-17/h4-7,14,27H,8-13H2,1-3H3,(H,23,24,25). The van der Waals surface area contributed by atoms with Crippen LogP contribution in [0.5, 0.6) is 5.75 Å². The van der Waals surface area contributed by atoms with Crippen molar-refractivity contribution in [3.8, 4) is 5.75 Å². The molecular formula is C22H28N4OS. The third-order valence-corrected chi connectivity index (χ3v) is 6.81. The lowest BCUT2D eigenvalue weighted by molar-refractivity contribution is 0.181. The van der Waals surface area contributed by atoms with Gasteiger partial charge in [-0.25, -0.2) is 9.97 Å². The molecule has 2 aromatic heterocycles. The van der Waals surface area contributed by atoms with Gasteiger partial charge in [-0.3, -0.25) is 4.90 Å². The molecule has 1 saturated heterocycles. The van der Waals surface area contributed by atoms with Gasteiger partial charge in [0.1, 0.15) is 22.2 Å². The number of rotatable bonds is 5. The maximum atomic E-state index is 9.49. The second-order valence-electron chi connectivity index (χ2n) is 7.93. The van der Waals surface area contributed by atoms with Crippen molar-refractivity contribution in [1.82, 2.24) is 14.9 Å². The third-order valence-electron chi connectivity index (χ3n) is 5.71. The topological polar surface area (TPSA) is 61.3 Å². The normalized spacial score (nSPS) is 16.0. The van der Waals surface area contributed by atoms with Crippen molar-refractivity contribution in [2.75, 3.05) is 18.4 Å². The SMILES string of the molecule is Cc1sc2nc(CN3CCC(C)CC3)nc(NCc3ccc(O)cc3)c2c1C. The van der Waals surface area contributed by atoms with E-state index in [9.17, 15) is 5.11 Å². The first kappa shape index (κ1) is 19.2. The van der Waals surface area contributed by atoms with E-state index < -0.39 is 0 Å². The van der Waals surface area contributed by atoms with Crippen molar-refractivity contribution >= 4 is 27.4 Å². The minimum absolute atomic E-state index is 0.288. The molecule has 6 heteroatoms. The highest BCUT2D eigenvalue weighted by Crippen LogP contribution is 2.34. The van der Waals surface area contributed by atoms with Gasteiger partial charge in [-0.15, -0.1) is 11.3 Å². The molecule has 0 bridgehead atoms. The molecule has 2 N–H and O–H groups in total. The van der Waals surface area contributed by atoms with E-state index in [4.69, 9.17) is 9.97 Å². The Kier molecular flexibility index (Phi) is 5.51. The van der Waals surface area contributed by atoms with Crippen LogP contribution in [0.25, 0.3) is 10.2 Å². The van der Waals surface area contributed by atoms with Gasteiger partial charge in [0.05, 0.1) is 11.9 Å². The lowest BCUT2D eigenvalue weighted by Gasteiger charge is -2.29. The number of hydrogen-bond acceptors (Lipinski definition) is 6. The Morgan fingerprint density at radius 3 is 2.57 bits per heavy atom. The predicted octanol–water partition coefficient (Wildman–Crippen LogP) is 4.86. The van der Waals surface area contributed by atoms with Crippen molar-refractivity contribution in [2.45, 2.75) is 46.7 Å². The van der Waals surface area contributed by atoms with Crippen molar-refractivity contribution < 1.29 is 5.11 Å². The molecule has 0 spiro atoms. The summed E-state index contributed by atoms with van der Waals surface area (Å²) >= 11 is 1.75. The molecule has 0 saturated carbocycles. The van der Waals surface area contributed by atoms with Crippen LogP contribution in [0.4, 0.5) is 5.82 Å². The number of phenolic OH excluding ortho intramolecular Hbond substituents is 1. The highest BCUT2D eigenvalue weighted by molar-refractivity contribution is 7.18. The molecule has 0 unspecified atom stereocenters. The Morgan fingerprint density at radius 2 is 1.86 bits per heavy atom. The number of fused-ring (bicyclic) bond motifs is 1. The number of aromatic hydroxyl groups is 1. The number of aryl methyl sites for hydroxylation is 2. The Morgan fingerprint density at radius 1 is 1.14 bits per heavy atom. The van der Waals surface area contributed by atoms with Crippen LogP contribution in [0, 0.1) is 19.8 Å². The summed E-state index contributed by atoms with van der Waals surface area (Å²) < 4.78 is 0. The summed E-state index contributed by atoms with van der Waals surface area (Å²) in [6.07, 6.45) is 2.51. The highest BCUT2D eigenvalue weighted by Gasteiger charge is 2.19. The summed E-state index contributed by atoms with van der Waals surface area (Å²) in [5.41, 5.74) is 2.37. The van der Waals surface area contributed by atoms with Crippen LogP contribution >= 0.6 is 11.3 Å². The predicted molar refractivity (Wildman–Crippen MR) is 116 cm³/mol. The molecule has 28 heavy (non-hydrogen) atoms. The zero-order valence-corrected chi connectivity index (χ0v) is 17.6. The van der Waals surface area contributed by atoms with E-state index in [1.54, 1.807) is 23.5 Å². The number of nitrogens with one attached hydrogen (secondary N) is 1. The number of likely N-dealkylation sites (tertiary alicyclic amines) is 1. The van der Waals surface area contributed by atoms with Crippen molar-refractivity contribution in [3.05, 3.63) is 46.1 Å². The van der Waals surface area contributed by atoms with Gasteiger partial charge in [0.25, 0.3) is 0 Å². The monoisotopic (exact) mass is 396 g/mol. The van der Waals surface area contributed by atoms with Crippen LogP contribution in [-0.2, 0) is 13.1 Å². The fourth-order valence-corrected chi connectivity index (χ4v) is 4.76. The molecule has 5 nitrogen and oxygen atoms in total. The second kappa shape index (κ2) is 8.05. The van der Waals surface area contributed by atoms with Gasteiger partial charge in [-0.05, 0) is 69.0 Å². The quantitative estimate of drug-likeness (QED) is 0.645. The Labute approximate surface area is 170 Å². The molecule has 3 aromatic rings. The summed E-state index contributed by atoms with van der Waals surface area (Å²) in [6.45, 7) is 10.4. The van der Waals surface area contributed by atoms with Crippen molar-refractivity contribution in [2.24, 2.45) is 5.92 Å². The van der Waals surface area contributed by atoms with Crippen LogP contribution in [-0.4, -0.2) is 33.1 Å². The lowest BCUT2D eigenvalue weighted by Crippen LogP contribution is -2.33. The van der Waals surface area contributed by atoms with E-state index in [1.807, 2.05) is 12.1 Å². The fraction of sp³-hybridized carbons (Fsp3) is 0.455. The molecule has 1 fully saturated rings. The number of anilines is 1. The number of hydrogen-bond donors (Lipinski definition) is 2. The zero-order chi connectivity index (χ0) is 19.7. The van der Waals surface area contributed by atoms with Crippen LogP contribution in [0.3, 0.4) is 0 Å². The zero-order valence-electron chi connectivity index (χ0n) is 16.8. The molecule has 3 heterocycles. The minimum atomic E-state index is 0.288. The molecule has 0 radical (unpaired) electrons. The van der Waals surface area contributed by atoms with E-state index >= 15 is 0 Å². The summed E-state index contributed by atoms with van der Waals surface area (Å²) in [7, 11) is 0. The summed E-state index contributed by atoms with van der Waals surface area (Å²) in [6, 6.07) is 7.30. The van der Waals surface area contributed by atoms with E-state index in [0.717, 1.165) is 53.0 Å². The molecule has 0 atom stereocenters. The van der Waals surface area contributed by atoms with E-state index in [2.05, 4.69) is 31.0 Å². The number of thiophene rings is 1. The first-order valence-electron chi connectivity index (χ1n) is 10.0. The summed E-state index contributed by atoms with van der Waals surface area (Å²) in [4.78, 5) is 14.6. The van der Waals surface area contributed by atoms with E-state index in [-0.39, 0.29) is 5.75 Å². The first-order chi connectivity index (χ1) is 13.5. The summed E-state index contributed by atoms with van der Waals surface area (Å²) in [5.74, 6) is 2.93. The van der Waals surface area contributed by atoms with Crippen molar-refractivity contribution in [3.63, 3.8) is 0 Å². The number of phenols is 1. The smallest absolute Gasteiger partial charge is 0.146 e. The van der Waals surface area contributed by atoms with Gasteiger partial charge in [0.15, 0.2) is 0 Å². The van der Waals surface area contributed by atoms with Gasteiger partial charge in [-0.2, -0.15) is 0 Å². The van der Waals surface area contributed by atoms with Gasteiger partial charge in [-0.1, -0.05) is 19.1 Å². The lowest BCUT2D eigenvalue weighted by atomic mass is 9.99. The van der Waals surface area contributed by atoms with Crippen molar-refractivity contribution in [1.29, 1.82) is 0 Å². The molecule has 0 aliphatic carbocycles. The molecule has 1 aromatic carbocycles. The minimum Gasteiger partial charge on any atom is -0.508 e. The number of piperidine rings is 1. The Hall–Kier alpha value is -2.18. The maximum Gasteiger partial charge on any atom is 0.146 e. The number of aromatic nitrogens is 2. The Balaban J connectivity index is 1.60. The Bertz CT molecular complexity index is 959. The highest BCUT2D eigenvalue weighted by atomic mass is 32.1. The number of nitrogens with zero attached hydrogens (tertiary/aromatic N) is 3. The van der Waals surface area contributed by atoms with E-state index in [0.29, 0.717) is 6.54 Å². The molecule has 1 aliphatic rings. The van der Waals surface area contributed by atoms with Crippen LogP contribution in [0.15, 0.2) is 24.3 Å². The second-order valence-corrected chi connectivity index (χ2v) is 9.13. The average molecular weight is 397 g/mol. The van der Waals surface area contributed by atoms with Crippen LogP contribution in [0.2, 0.25) is 0 Å². The largest absolute Gasteiger partial charge is 0.508 e. The molecule has 148 valence electrons.